The van der Waals surface area contributed by atoms with Gasteiger partial charge in [-0.2, -0.15) is 13.2 Å². The second-order valence-electron chi connectivity index (χ2n) is 7.66. The van der Waals surface area contributed by atoms with Crippen molar-refractivity contribution >= 4 is 6.09 Å². The maximum Gasteiger partial charge on any atom is 0.419 e. The highest BCUT2D eigenvalue weighted by atomic mass is 19.4. The summed E-state index contributed by atoms with van der Waals surface area (Å²) in [6.45, 7) is 7.17. The van der Waals surface area contributed by atoms with Crippen LogP contribution < -0.4 is 5.32 Å². The quantitative estimate of drug-likeness (QED) is 0.436. The lowest BCUT2D eigenvalue weighted by molar-refractivity contribution is -0.145. The van der Waals surface area contributed by atoms with E-state index in [1.54, 1.807) is 27.7 Å². The summed E-state index contributed by atoms with van der Waals surface area (Å²) in [6, 6.07) is 3.32. The Labute approximate surface area is 169 Å². The van der Waals surface area contributed by atoms with Gasteiger partial charge >= 0.3 is 12.3 Å². The molecule has 0 aliphatic carbocycles. The number of carbonyl (C=O) groups is 1. The molecule has 0 heterocycles. The standard InChI is InChI=1S/C20H30F3NO5/c1-6-19(28-13-27-5,10-7-11-24-17(26)29-18(2,3)4)14-8-9-16(25)15(12-14)20(21,22)23/h8-9,12,25H,6-7,10-11,13H2,1-5H3,(H,24,26)/t19-/m1/s1. The SMILES string of the molecule is CC[C@](CCCNC(=O)OC(C)(C)C)(OCOC)c1ccc(O)c(C(F)(F)F)c1. The molecule has 0 aromatic heterocycles. The number of hydrogen-bond donors (Lipinski definition) is 2. The molecule has 0 unspecified atom stereocenters. The van der Waals surface area contributed by atoms with Gasteiger partial charge in [0, 0.05) is 13.7 Å². The Hall–Kier alpha value is -2.00. The van der Waals surface area contributed by atoms with Crippen LogP contribution in [-0.2, 0) is 26.0 Å². The van der Waals surface area contributed by atoms with Gasteiger partial charge in [0.05, 0.1) is 11.2 Å². The van der Waals surface area contributed by atoms with Crippen LogP contribution >= 0.6 is 0 Å². The van der Waals surface area contributed by atoms with Gasteiger partial charge in [-0.05, 0) is 57.7 Å². The molecule has 1 aromatic rings. The van der Waals surface area contributed by atoms with Crippen LogP contribution in [0.25, 0.3) is 0 Å². The fraction of sp³-hybridized carbons (Fsp3) is 0.650. The summed E-state index contributed by atoms with van der Waals surface area (Å²) in [5.41, 5.74) is -2.54. The predicted molar refractivity (Wildman–Crippen MR) is 102 cm³/mol. The Balaban J connectivity index is 2.98. The molecule has 1 aromatic carbocycles. The molecule has 1 atom stereocenters. The van der Waals surface area contributed by atoms with E-state index in [1.165, 1.54) is 13.2 Å². The van der Waals surface area contributed by atoms with E-state index in [0.717, 1.165) is 12.1 Å². The van der Waals surface area contributed by atoms with Gasteiger partial charge in [0.2, 0.25) is 0 Å². The first-order valence-corrected chi connectivity index (χ1v) is 9.35. The van der Waals surface area contributed by atoms with Crippen molar-refractivity contribution in [3.05, 3.63) is 29.3 Å². The van der Waals surface area contributed by atoms with Crippen LogP contribution in [0.2, 0.25) is 0 Å². The minimum atomic E-state index is -4.70. The Morgan fingerprint density at radius 1 is 1.21 bits per heavy atom. The second kappa shape index (κ2) is 10.2. The number of amides is 1. The molecule has 1 amide bonds. The van der Waals surface area contributed by atoms with Gasteiger partial charge in [-0.1, -0.05) is 13.0 Å². The summed E-state index contributed by atoms with van der Waals surface area (Å²) in [5, 5.41) is 12.2. The van der Waals surface area contributed by atoms with Gasteiger partial charge in [0.1, 0.15) is 18.1 Å². The number of phenolic OH excluding ortho intramolecular Hbond substituents is 1. The van der Waals surface area contributed by atoms with Crippen molar-refractivity contribution in [1.82, 2.24) is 5.32 Å². The van der Waals surface area contributed by atoms with Crippen LogP contribution in [0.15, 0.2) is 18.2 Å². The lowest BCUT2D eigenvalue weighted by atomic mass is 9.85. The van der Waals surface area contributed by atoms with E-state index in [9.17, 15) is 23.1 Å². The number of phenols is 1. The van der Waals surface area contributed by atoms with Gasteiger partial charge < -0.3 is 24.6 Å². The molecule has 0 bridgehead atoms. The Kier molecular flexibility index (Phi) is 8.77. The van der Waals surface area contributed by atoms with E-state index in [-0.39, 0.29) is 18.9 Å². The Bertz CT molecular complexity index is 673. The first kappa shape index (κ1) is 25.0. The van der Waals surface area contributed by atoms with E-state index in [0.29, 0.717) is 19.3 Å². The number of alkyl halides is 3. The fourth-order valence-electron chi connectivity index (χ4n) is 2.88. The summed E-state index contributed by atoms with van der Waals surface area (Å²) in [5.74, 6) is -0.843. The van der Waals surface area contributed by atoms with Gasteiger partial charge in [-0.25, -0.2) is 4.79 Å². The number of ether oxygens (including phenoxy) is 3. The number of alkyl carbamates (subject to hydrolysis) is 1. The molecule has 6 nitrogen and oxygen atoms in total. The monoisotopic (exact) mass is 421 g/mol. The summed E-state index contributed by atoms with van der Waals surface area (Å²) >= 11 is 0. The molecule has 0 aliphatic rings. The fourth-order valence-corrected chi connectivity index (χ4v) is 2.88. The van der Waals surface area contributed by atoms with Crippen molar-refractivity contribution in [2.24, 2.45) is 0 Å². The molecule has 0 spiro atoms. The average molecular weight is 421 g/mol. The zero-order valence-electron chi connectivity index (χ0n) is 17.5. The van der Waals surface area contributed by atoms with Crippen LogP contribution in [0.4, 0.5) is 18.0 Å². The molecular formula is C20H30F3NO5. The van der Waals surface area contributed by atoms with Gasteiger partial charge in [-0.3, -0.25) is 0 Å². The van der Waals surface area contributed by atoms with Crippen molar-refractivity contribution < 1.29 is 37.3 Å². The van der Waals surface area contributed by atoms with Crippen LogP contribution in [0, 0.1) is 0 Å². The van der Waals surface area contributed by atoms with Crippen LogP contribution in [-0.4, -0.2) is 37.2 Å². The number of benzene rings is 1. The molecule has 0 saturated carbocycles. The van der Waals surface area contributed by atoms with Gasteiger partial charge in [0.15, 0.2) is 0 Å². The lowest BCUT2D eigenvalue weighted by Gasteiger charge is -2.34. The van der Waals surface area contributed by atoms with E-state index in [1.807, 2.05) is 0 Å². The predicted octanol–water partition coefficient (Wildman–Crippen LogP) is 4.94. The third-order valence-electron chi connectivity index (χ3n) is 4.28. The highest BCUT2D eigenvalue weighted by Gasteiger charge is 2.38. The highest BCUT2D eigenvalue weighted by Crippen LogP contribution is 2.41. The minimum absolute atomic E-state index is 0.116. The van der Waals surface area contributed by atoms with E-state index >= 15 is 0 Å². The molecule has 0 fully saturated rings. The van der Waals surface area contributed by atoms with Crippen molar-refractivity contribution in [2.75, 3.05) is 20.4 Å². The molecule has 0 aliphatic heterocycles. The van der Waals surface area contributed by atoms with E-state index in [2.05, 4.69) is 5.32 Å². The zero-order chi connectivity index (χ0) is 22.3. The molecule has 166 valence electrons. The lowest BCUT2D eigenvalue weighted by Crippen LogP contribution is -2.35. The number of methoxy groups -OCH3 is 1. The summed E-state index contributed by atoms with van der Waals surface area (Å²) in [6.07, 6.45) is -4.14. The summed E-state index contributed by atoms with van der Waals surface area (Å²) in [7, 11) is 1.42. The Morgan fingerprint density at radius 2 is 1.86 bits per heavy atom. The first-order valence-electron chi connectivity index (χ1n) is 9.35. The van der Waals surface area contributed by atoms with Crippen molar-refractivity contribution in [3.8, 4) is 5.75 Å². The molecule has 29 heavy (non-hydrogen) atoms. The number of halogens is 3. The number of hydrogen-bond acceptors (Lipinski definition) is 5. The molecule has 1 rings (SSSR count). The Morgan fingerprint density at radius 3 is 2.38 bits per heavy atom. The number of carbonyl (C=O) groups excluding carboxylic acids is 1. The maximum atomic E-state index is 13.2. The largest absolute Gasteiger partial charge is 0.507 e. The third-order valence-corrected chi connectivity index (χ3v) is 4.28. The number of rotatable bonds is 9. The number of aromatic hydroxyl groups is 1. The third kappa shape index (κ3) is 7.74. The molecule has 9 heteroatoms. The summed E-state index contributed by atoms with van der Waals surface area (Å²) < 4.78 is 55.6. The van der Waals surface area contributed by atoms with Gasteiger partial charge in [-0.15, -0.1) is 0 Å². The average Bonchev–Trinajstić information content (AvgIpc) is 2.59. The minimum Gasteiger partial charge on any atom is -0.507 e. The second-order valence-corrected chi connectivity index (χ2v) is 7.66. The van der Waals surface area contributed by atoms with Crippen LogP contribution in [0.3, 0.4) is 0 Å². The summed E-state index contributed by atoms with van der Waals surface area (Å²) in [4.78, 5) is 11.7. The number of nitrogens with one attached hydrogen (secondary N) is 1. The maximum absolute atomic E-state index is 13.2. The van der Waals surface area contributed by atoms with Gasteiger partial charge in [0.25, 0.3) is 0 Å². The first-order chi connectivity index (χ1) is 13.3. The smallest absolute Gasteiger partial charge is 0.419 e. The van der Waals surface area contributed by atoms with Crippen LogP contribution in [0.1, 0.15) is 58.1 Å². The van der Waals surface area contributed by atoms with E-state index in [4.69, 9.17) is 14.2 Å². The highest BCUT2D eigenvalue weighted by molar-refractivity contribution is 5.67. The van der Waals surface area contributed by atoms with Crippen molar-refractivity contribution in [2.45, 2.75) is 64.3 Å². The zero-order valence-corrected chi connectivity index (χ0v) is 17.5. The molecule has 2 N–H and O–H groups in total. The van der Waals surface area contributed by atoms with Crippen molar-refractivity contribution in [1.29, 1.82) is 0 Å². The normalized spacial score (nSPS) is 14.3. The van der Waals surface area contributed by atoms with Crippen LogP contribution in [0.5, 0.6) is 5.75 Å². The van der Waals surface area contributed by atoms with Crippen molar-refractivity contribution in [3.63, 3.8) is 0 Å². The molecule has 0 saturated heterocycles. The van der Waals surface area contributed by atoms with E-state index < -0.39 is 34.8 Å². The topological polar surface area (TPSA) is 77.0 Å². The molecular weight excluding hydrogens is 391 g/mol. The molecule has 0 radical (unpaired) electrons.